The first-order valence-electron chi connectivity index (χ1n) is 12.1. The fraction of sp³-hybridized carbons (Fsp3) is 0.333. The average Bonchev–Trinajstić information content (AvgIpc) is 2.90. The second-order valence-electron chi connectivity index (χ2n) is 8.35. The molecule has 2 N–H and O–H groups in total. The molecule has 1 aliphatic heterocycles. The van der Waals surface area contributed by atoms with Gasteiger partial charge in [0, 0.05) is 41.3 Å². The summed E-state index contributed by atoms with van der Waals surface area (Å²) >= 11 is 0. The van der Waals surface area contributed by atoms with Crippen molar-refractivity contribution in [3.63, 3.8) is 0 Å². The van der Waals surface area contributed by atoms with Crippen LogP contribution in [0.1, 0.15) is 35.5 Å². The molecule has 4 rings (SSSR count). The van der Waals surface area contributed by atoms with Crippen molar-refractivity contribution in [1.82, 2.24) is 9.97 Å². The van der Waals surface area contributed by atoms with Gasteiger partial charge in [-0.2, -0.15) is 0 Å². The van der Waals surface area contributed by atoms with Crippen LogP contribution >= 0.6 is 0 Å². The van der Waals surface area contributed by atoms with Crippen molar-refractivity contribution in [3.8, 4) is 11.4 Å². The number of aromatic nitrogens is 2. The molecule has 0 aliphatic carbocycles. The number of rotatable bonds is 7. The number of hydrogen-bond donors (Lipinski definition) is 2. The Morgan fingerprint density at radius 1 is 0.944 bits per heavy atom. The first-order chi connectivity index (χ1) is 17.5. The molecule has 1 saturated heterocycles. The number of amides is 2. The molecule has 1 fully saturated rings. The number of urea groups is 1. The molecular formula is C27H31N5O4. The van der Waals surface area contributed by atoms with E-state index in [0.717, 1.165) is 42.1 Å². The number of ether oxygens (including phenoxy) is 2. The molecule has 1 aliphatic rings. The van der Waals surface area contributed by atoms with E-state index in [1.165, 1.54) is 0 Å². The lowest BCUT2D eigenvalue weighted by Gasteiger charge is -2.29. The molecule has 0 radical (unpaired) electrons. The van der Waals surface area contributed by atoms with Crippen molar-refractivity contribution >= 4 is 29.2 Å². The summed E-state index contributed by atoms with van der Waals surface area (Å²) in [6.07, 6.45) is 0.819. The van der Waals surface area contributed by atoms with E-state index in [4.69, 9.17) is 19.4 Å². The Labute approximate surface area is 210 Å². The van der Waals surface area contributed by atoms with Gasteiger partial charge < -0.3 is 25.0 Å². The molecule has 0 unspecified atom stereocenters. The fourth-order valence-corrected chi connectivity index (χ4v) is 4.01. The van der Waals surface area contributed by atoms with Crippen molar-refractivity contribution < 1.29 is 19.1 Å². The largest absolute Gasteiger partial charge is 0.462 e. The zero-order valence-electron chi connectivity index (χ0n) is 20.8. The second kappa shape index (κ2) is 11.6. The zero-order valence-corrected chi connectivity index (χ0v) is 20.8. The van der Waals surface area contributed by atoms with Crippen LogP contribution in [0.3, 0.4) is 0 Å². The highest BCUT2D eigenvalue weighted by Gasteiger charge is 2.19. The van der Waals surface area contributed by atoms with E-state index in [0.29, 0.717) is 42.6 Å². The quantitative estimate of drug-likeness (QED) is 0.465. The number of nitrogens with zero attached hydrogens (tertiary/aromatic N) is 3. The predicted molar refractivity (Wildman–Crippen MR) is 140 cm³/mol. The Morgan fingerprint density at radius 2 is 1.56 bits per heavy atom. The van der Waals surface area contributed by atoms with Crippen LogP contribution in [0.2, 0.25) is 0 Å². The lowest BCUT2D eigenvalue weighted by Crippen LogP contribution is -2.37. The van der Waals surface area contributed by atoms with Crippen molar-refractivity contribution in [2.24, 2.45) is 0 Å². The van der Waals surface area contributed by atoms with Crippen LogP contribution in [0, 0.1) is 6.92 Å². The third-order valence-corrected chi connectivity index (χ3v) is 5.92. The van der Waals surface area contributed by atoms with Crippen LogP contribution in [-0.4, -0.2) is 54.9 Å². The molecule has 3 aromatic rings. The molecule has 1 aromatic heterocycles. The van der Waals surface area contributed by atoms with Gasteiger partial charge in [0.25, 0.3) is 0 Å². The molecule has 0 spiro atoms. The zero-order chi connectivity index (χ0) is 25.5. The fourth-order valence-electron chi connectivity index (χ4n) is 4.01. The minimum Gasteiger partial charge on any atom is -0.462 e. The van der Waals surface area contributed by atoms with Gasteiger partial charge in [-0.3, -0.25) is 0 Å². The summed E-state index contributed by atoms with van der Waals surface area (Å²) in [6.45, 7) is 9.24. The molecule has 9 nitrogen and oxygen atoms in total. The Hall–Kier alpha value is -3.98. The molecule has 2 aromatic carbocycles. The maximum atomic E-state index is 12.4. The lowest BCUT2D eigenvalue weighted by atomic mass is 10.1. The maximum absolute atomic E-state index is 12.4. The van der Waals surface area contributed by atoms with Crippen LogP contribution in [0.5, 0.6) is 0 Å². The number of carbonyl (C=O) groups is 2. The molecule has 2 amide bonds. The number of aryl methyl sites for hydroxylation is 1. The summed E-state index contributed by atoms with van der Waals surface area (Å²) < 4.78 is 10.5. The Balaban J connectivity index is 1.43. The molecule has 2 heterocycles. The van der Waals surface area contributed by atoms with E-state index in [9.17, 15) is 9.59 Å². The van der Waals surface area contributed by atoms with Crippen molar-refractivity contribution in [2.75, 3.05) is 48.4 Å². The van der Waals surface area contributed by atoms with Crippen molar-refractivity contribution in [3.05, 3.63) is 65.4 Å². The van der Waals surface area contributed by atoms with Gasteiger partial charge in [0.2, 0.25) is 0 Å². The molecule has 0 bridgehead atoms. The minimum absolute atomic E-state index is 0.310. The molecule has 36 heavy (non-hydrogen) atoms. The summed E-state index contributed by atoms with van der Waals surface area (Å²) in [5, 5.41) is 5.57. The van der Waals surface area contributed by atoms with E-state index in [2.05, 4.69) is 29.4 Å². The Bertz CT molecular complexity index is 1210. The summed E-state index contributed by atoms with van der Waals surface area (Å²) in [7, 11) is 0. The first kappa shape index (κ1) is 25.1. The molecule has 188 valence electrons. The number of benzene rings is 2. The third-order valence-electron chi connectivity index (χ3n) is 5.92. The molecular weight excluding hydrogens is 458 g/mol. The predicted octanol–water partition coefficient (Wildman–Crippen LogP) is 4.67. The molecule has 0 atom stereocenters. The number of nitrogens with one attached hydrogen (secondary N) is 2. The SMILES string of the molecule is CCOC(=O)c1ccc(NC(=O)Nc2ccc(-c3nc(CC)c(C)c(N4CCOCC4)n3)cc2)cc1. The van der Waals surface area contributed by atoms with Gasteiger partial charge >= 0.3 is 12.0 Å². The van der Waals surface area contributed by atoms with Gasteiger partial charge in [0.1, 0.15) is 5.82 Å². The van der Waals surface area contributed by atoms with Gasteiger partial charge in [0.05, 0.1) is 25.4 Å². The summed E-state index contributed by atoms with van der Waals surface area (Å²) in [6, 6.07) is 13.6. The minimum atomic E-state index is -0.394. The number of esters is 1. The van der Waals surface area contributed by atoms with Gasteiger partial charge in [-0.15, -0.1) is 0 Å². The highest BCUT2D eigenvalue weighted by molar-refractivity contribution is 6.00. The highest BCUT2D eigenvalue weighted by Crippen LogP contribution is 2.26. The first-order valence-corrected chi connectivity index (χ1v) is 12.1. The van der Waals surface area contributed by atoms with Gasteiger partial charge in [-0.1, -0.05) is 6.92 Å². The molecule has 9 heteroatoms. The van der Waals surface area contributed by atoms with E-state index >= 15 is 0 Å². The number of carbonyl (C=O) groups excluding carboxylic acids is 2. The van der Waals surface area contributed by atoms with E-state index in [1.54, 1.807) is 31.2 Å². The Morgan fingerprint density at radius 3 is 2.14 bits per heavy atom. The monoisotopic (exact) mass is 489 g/mol. The van der Waals surface area contributed by atoms with Crippen molar-refractivity contribution in [1.29, 1.82) is 0 Å². The third kappa shape index (κ3) is 5.98. The van der Waals surface area contributed by atoms with Gasteiger partial charge in [-0.25, -0.2) is 19.6 Å². The van der Waals surface area contributed by atoms with Gasteiger partial charge in [-0.05, 0) is 68.8 Å². The summed E-state index contributed by atoms with van der Waals surface area (Å²) in [4.78, 5) is 36.1. The van der Waals surface area contributed by atoms with Crippen LogP contribution in [-0.2, 0) is 15.9 Å². The normalized spacial score (nSPS) is 13.2. The van der Waals surface area contributed by atoms with Crippen LogP contribution in [0.25, 0.3) is 11.4 Å². The topological polar surface area (TPSA) is 106 Å². The highest BCUT2D eigenvalue weighted by atomic mass is 16.5. The smallest absolute Gasteiger partial charge is 0.338 e. The maximum Gasteiger partial charge on any atom is 0.338 e. The van der Waals surface area contributed by atoms with Crippen LogP contribution in [0.4, 0.5) is 22.0 Å². The van der Waals surface area contributed by atoms with Crippen LogP contribution < -0.4 is 15.5 Å². The standard InChI is InChI=1S/C27H31N5O4/c1-4-23-18(3)25(32-14-16-35-17-15-32)31-24(30-23)19-6-10-21(11-7-19)28-27(34)29-22-12-8-20(9-13-22)26(33)36-5-2/h6-13H,4-5,14-17H2,1-3H3,(H2,28,29,34). The number of morpholine rings is 1. The van der Waals surface area contributed by atoms with Gasteiger partial charge in [0.15, 0.2) is 5.82 Å². The second-order valence-corrected chi connectivity index (χ2v) is 8.35. The van der Waals surface area contributed by atoms with E-state index in [1.807, 2.05) is 24.3 Å². The van der Waals surface area contributed by atoms with Crippen LogP contribution in [0.15, 0.2) is 48.5 Å². The Kier molecular flexibility index (Phi) is 8.12. The average molecular weight is 490 g/mol. The van der Waals surface area contributed by atoms with E-state index < -0.39 is 5.97 Å². The number of anilines is 3. The van der Waals surface area contributed by atoms with Crippen molar-refractivity contribution in [2.45, 2.75) is 27.2 Å². The number of hydrogen-bond acceptors (Lipinski definition) is 7. The summed E-state index contributed by atoms with van der Waals surface area (Å²) in [5.41, 5.74) is 4.63. The lowest BCUT2D eigenvalue weighted by molar-refractivity contribution is 0.0526. The molecule has 0 saturated carbocycles. The van der Waals surface area contributed by atoms with E-state index in [-0.39, 0.29) is 6.03 Å². The summed E-state index contributed by atoms with van der Waals surface area (Å²) in [5.74, 6) is 1.22.